The van der Waals surface area contributed by atoms with Crippen molar-refractivity contribution in [1.29, 1.82) is 0 Å². The number of halogens is 1. The van der Waals surface area contributed by atoms with Crippen LogP contribution < -0.4 is 21.7 Å². The zero-order valence-corrected chi connectivity index (χ0v) is 16.6. The van der Waals surface area contributed by atoms with Crippen molar-refractivity contribution >= 4 is 35.4 Å². The van der Waals surface area contributed by atoms with E-state index in [1.165, 1.54) is 0 Å². The van der Waals surface area contributed by atoms with Crippen LogP contribution in [0.5, 0.6) is 0 Å². The lowest BCUT2D eigenvalue weighted by Crippen LogP contribution is -2.64. The molecule has 154 valence electrons. The molecular weight excluding hydrogens is 396 g/mol. The molecule has 9 heteroatoms. The minimum atomic E-state index is -1.36. The monoisotopic (exact) mass is 418 g/mol. The maximum Gasteiger partial charge on any atom is 0.322 e. The number of hydrogen-bond donors (Lipinski definition) is 4. The molecule has 1 heterocycles. The molecule has 8 nitrogen and oxygen atoms in total. The lowest BCUT2D eigenvalue weighted by molar-refractivity contribution is -0.142. The number of rotatable bonds is 5. The highest BCUT2D eigenvalue weighted by atomic mass is 35.5. The summed E-state index contributed by atoms with van der Waals surface area (Å²) in [6, 6.07) is 6.29. The minimum absolute atomic E-state index is 0.133. The van der Waals surface area contributed by atoms with E-state index >= 15 is 0 Å². The van der Waals surface area contributed by atoms with Crippen LogP contribution in [0.25, 0.3) is 0 Å². The van der Waals surface area contributed by atoms with E-state index < -0.39 is 34.8 Å². The Hall–Kier alpha value is -2.61. The Morgan fingerprint density at radius 3 is 2.45 bits per heavy atom. The van der Waals surface area contributed by atoms with E-state index in [4.69, 9.17) is 17.3 Å². The van der Waals surface area contributed by atoms with Gasteiger partial charge in [-0.2, -0.15) is 0 Å². The molecule has 0 unspecified atom stereocenters. The van der Waals surface area contributed by atoms with Crippen LogP contribution in [0.4, 0.5) is 4.79 Å². The third-order valence-corrected chi connectivity index (χ3v) is 6.77. The lowest BCUT2D eigenvalue weighted by atomic mass is 9.67. The molecule has 0 bridgehead atoms. The first-order valence-corrected chi connectivity index (χ1v) is 10.2. The molecule has 3 aliphatic rings. The summed E-state index contributed by atoms with van der Waals surface area (Å²) in [7, 11) is 0. The van der Waals surface area contributed by atoms with Crippen molar-refractivity contribution in [2.75, 3.05) is 0 Å². The summed E-state index contributed by atoms with van der Waals surface area (Å²) in [4.78, 5) is 49.3. The summed E-state index contributed by atoms with van der Waals surface area (Å²) < 4.78 is 0. The van der Waals surface area contributed by atoms with Crippen LogP contribution >= 0.6 is 11.6 Å². The Labute approximate surface area is 172 Å². The third kappa shape index (κ3) is 3.15. The first-order chi connectivity index (χ1) is 13.8. The van der Waals surface area contributed by atoms with Crippen molar-refractivity contribution in [2.45, 2.75) is 49.6 Å². The van der Waals surface area contributed by atoms with Crippen LogP contribution in [-0.4, -0.2) is 29.3 Å². The first kappa shape index (κ1) is 19.7. The van der Waals surface area contributed by atoms with Crippen LogP contribution in [0.3, 0.4) is 0 Å². The van der Waals surface area contributed by atoms with E-state index in [0.29, 0.717) is 10.6 Å². The van der Waals surface area contributed by atoms with E-state index in [1.54, 1.807) is 24.3 Å². The van der Waals surface area contributed by atoms with Crippen molar-refractivity contribution < 1.29 is 19.2 Å². The Kier molecular flexibility index (Phi) is 4.77. The van der Waals surface area contributed by atoms with Gasteiger partial charge < -0.3 is 16.4 Å². The average molecular weight is 419 g/mol. The summed E-state index contributed by atoms with van der Waals surface area (Å²) in [5.41, 5.74) is 4.06. The van der Waals surface area contributed by atoms with Gasteiger partial charge >= 0.3 is 6.03 Å². The van der Waals surface area contributed by atoms with Gasteiger partial charge in [-0.3, -0.25) is 19.7 Å². The van der Waals surface area contributed by atoms with E-state index in [0.717, 1.165) is 25.7 Å². The molecule has 1 spiro atoms. The zero-order valence-electron chi connectivity index (χ0n) is 15.8. The second-order valence-corrected chi connectivity index (χ2v) is 8.69. The van der Waals surface area contributed by atoms with Crippen molar-refractivity contribution in [3.05, 3.63) is 34.9 Å². The van der Waals surface area contributed by atoms with Gasteiger partial charge in [-0.1, -0.05) is 36.6 Å². The van der Waals surface area contributed by atoms with E-state index in [1.807, 2.05) is 0 Å². The SMILES string of the molecule is NC(=O)[C@@](NC(=O)C1CC2(C1)NC(=O)NC2=O)(c1cccc(Cl)c1)C1CCCC1. The fourth-order valence-corrected chi connectivity index (χ4v) is 5.18. The minimum Gasteiger partial charge on any atom is -0.367 e. The van der Waals surface area contributed by atoms with Crippen LogP contribution in [0.2, 0.25) is 5.02 Å². The Morgan fingerprint density at radius 1 is 1.21 bits per heavy atom. The topological polar surface area (TPSA) is 130 Å². The normalized spacial score (nSPS) is 28.4. The van der Waals surface area contributed by atoms with Gasteiger partial charge in [0.25, 0.3) is 5.91 Å². The molecule has 0 aromatic heterocycles. The number of carbonyl (C=O) groups excluding carboxylic acids is 4. The molecule has 0 radical (unpaired) electrons. The Bertz CT molecular complexity index is 892. The van der Waals surface area contributed by atoms with Gasteiger partial charge in [-0.15, -0.1) is 0 Å². The molecule has 29 heavy (non-hydrogen) atoms. The van der Waals surface area contributed by atoms with Crippen LogP contribution in [0, 0.1) is 11.8 Å². The number of hydrogen-bond acceptors (Lipinski definition) is 4. The van der Waals surface area contributed by atoms with Crippen LogP contribution in [0.1, 0.15) is 44.1 Å². The number of urea groups is 1. The van der Waals surface area contributed by atoms with E-state index in [2.05, 4.69) is 16.0 Å². The van der Waals surface area contributed by atoms with Gasteiger partial charge in [0.2, 0.25) is 11.8 Å². The number of carbonyl (C=O) groups is 4. The highest BCUT2D eigenvalue weighted by Gasteiger charge is 2.58. The number of primary amides is 1. The average Bonchev–Trinajstić information content (AvgIpc) is 3.25. The molecule has 1 aromatic rings. The van der Waals surface area contributed by atoms with Gasteiger partial charge in [-0.25, -0.2) is 4.79 Å². The number of nitrogens with two attached hydrogens (primary N) is 1. The molecule has 2 saturated carbocycles. The fourth-order valence-electron chi connectivity index (χ4n) is 4.99. The molecular formula is C20H23ClN4O4. The molecule has 1 saturated heterocycles. The number of benzene rings is 1. The zero-order chi connectivity index (χ0) is 20.8. The number of imide groups is 1. The van der Waals surface area contributed by atoms with Crippen LogP contribution in [-0.2, 0) is 19.9 Å². The van der Waals surface area contributed by atoms with Crippen molar-refractivity contribution in [3.8, 4) is 0 Å². The molecule has 3 fully saturated rings. The van der Waals surface area contributed by atoms with Crippen molar-refractivity contribution in [2.24, 2.45) is 17.6 Å². The second-order valence-electron chi connectivity index (χ2n) is 8.25. The van der Waals surface area contributed by atoms with Gasteiger partial charge in [0.1, 0.15) is 11.1 Å². The van der Waals surface area contributed by atoms with E-state index in [-0.39, 0.29) is 24.7 Å². The Morgan fingerprint density at radius 2 is 1.90 bits per heavy atom. The molecule has 5 amide bonds. The molecule has 1 aliphatic heterocycles. The molecule has 5 N–H and O–H groups in total. The summed E-state index contributed by atoms with van der Waals surface area (Å²) >= 11 is 6.16. The number of nitrogens with one attached hydrogen (secondary N) is 3. The maximum atomic E-state index is 13.1. The molecule has 2 aliphatic carbocycles. The van der Waals surface area contributed by atoms with Gasteiger partial charge in [0, 0.05) is 10.9 Å². The lowest BCUT2D eigenvalue weighted by Gasteiger charge is -2.44. The maximum absolute atomic E-state index is 13.1. The Balaban J connectivity index is 1.61. The quantitative estimate of drug-likeness (QED) is 0.537. The van der Waals surface area contributed by atoms with Gasteiger partial charge in [0.05, 0.1) is 0 Å². The predicted molar refractivity (Wildman–Crippen MR) is 105 cm³/mol. The summed E-state index contributed by atoms with van der Waals surface area (Å²) in [6.07, 6.45) is 3.81. The summed E-state index contributed by atoms with van der Waals surface area (Å²) in [5, 5.41) is 8.18. The van der Waals surface area contributed by atoms with Gasteiger partial charge in [0.15, 0.2) is 0 Å². The number of amides is 5. The fraction of sp³-hybridized carbons (Fsp3) is 0.500. The smallest absolute Gasteiger partial charge is 0.322 e. The molecule has 1 atom stereocenters. The molecule has 4 rings (SSSR count). The highest BCUT2D eigenvalue weighted by Crippen LogP contribution is 2.44. The van der Waals surface area contributed by atoms with E-state index in [9.17, 15) is 19.2 Å². The molecule has 1 aromatic carbocycles. The predicted octanol–water partition coefficient (Wildman–Crippen LogP) is 1.32. The highest BCUT2D eigenvalue weighted by molar-refractivity contribution is 6.30. The van der Waals surface area contributed by atoms with Crippen molar-refractivity contribution in [3.63, 3.8) is 0 Å². The standard InChI is InChI=1S/C20H23ClN4O4/c21-14-7-3-6-13(8-14)20(16(22)27,12-4-1-2-5-12)24-15(26)11-9-19(10-11)17(28)23-18(29)25-19/h3,6-8,11-12H,1-2,4-5,9-10H2,(H2,22,27)(H,24,26)(H2,23,25,28,29)/t11?,19?,20-/m0/s1. The van der Waals surface area contributed by atoms with Crippen LogP contribution in [0.15, 0.2) is 24.3 Å². The first-order valence-electron chi connectivity index (χ1n) is 9.78. The van der Waals surface area contributed by atoms with Crippen molar-refractivity contribution in [1.82, 2.24) is 16.0 Å². The largest absolute Gasteiger partial charge is 0.367 e. The summed E-state index contributed by atoms with van der Waals surface area (Å²) in [5.74, 6) is -2.03. The third-order valence-electron chi connectivity index (χ3n) is 6.53. The summed E-state index contributed by atoms with van der Waals surface area (Å²) in [6.45, 7) is 0. The van der Waals surface area contributed by atoms with Gasteiger partial charge in [-0.05, 0) is 49.3 Å². The second kappa shape index (κ2) is 7.02.